The van der Waals surface area contributed by atoms with Crippen LogP contribution in [0.1, 0.15) is 25.4 Å². The number of aryl methyl sites for hydroxylation is 1. The van der Waals surface area contributed by atoms with Gasteiger partial charge in [-0.1, -0.05) is 18.2 Å². The first kappa shape index (κ1) is 12.9. The number of H-pyrrole nitrogens is 2. The highest BCUT2D eigenvalue weighted by Gasteiger charge is 2.22. The highest BCUT2D eigenvalue weighted by Crippen LogP contribution is 2.31. The average molecular weight is 268 g/mol. The number of hydrogen-bond acceptors (Lipinski definition) is 2. The molecule has 0 amide bonds. The van der Waals surface area contributed by atoms with Gasteiger partial charge in [-0.3, -0.25) is 0 Å². The molecule has 0 aliphatic carbocycles. The van der Waals surface area contributed by atoms with Gasteiger partial charge in [-0.2, -0.15) is 0 Å². The van der Waals surface area contributed by atoms with Gasteiger partial charge in [0.1, 0.15) is 5.82 Å². The van der Waals surface area contributed by atoms with E-state index >= 15 is 0 Å². The third-order valence-corrected chi connectivity index (χ3v) is 3.96. The average Bonchev–Trinajstić information content (AvgIpc) is 3.02. The van der Waals surface area contributed by atoms with Crippen molar-refractivity contribution in [1.82, 2.24) is 20.3 Å². The fraction of sp³-hybridized carbons (Fsp3) is 0.312. The lowest BCUT2D eigenvalue weighted by Gasteiger charge is -2.20. The minimum Gasteiger partial charge on any atom is -0.358 e. The van der Waals surface area contributed by atoms with Crippen LogP contribution in [-0.4, -0.2) is 22.0 Å². The first-order chi connectivity index (χ1) is 9.53. The second-order valence-electron chi connectivity index (χ2n) is 5.69. The lowest BCUT2D eigenvalue weighted by atomic mass is 10.1. The maximum absolute atomic E-state index is 4.53. The maximum atomic E-state index is 4.53. The normalized spacial score (nSPS) is 12.2. The van der Waals surface area contributed by atoms with E-state index in [4.69, 9.17) is 0 Å². The highest BCUT2D eigenvalue weighted by molar-refractivity contribution is 5.96. The Morgan fingerprint density at radius 3 is 2.65 bits per heavy atom. The summed E-state index contributed by atoms with van der Waals surface area (Å²) in [6.45, 7) is 6.31. The summed E-state index contributed by atoms with van der Waals surface area (Å²) in [6, 6.07) is 8.34. The minimum atomic E-state index is -0.168. The molecule has 104 valence electrons. The fourth-order valence-electron chi connectivity index (χ4n) is 2.51. The van der Waals surface area contributed by atoms with Gasteiger partial charge in [-0.25, -0.2) is 4.98 Å². The second kappa shape index (κ2) is 4.49. The molecule has 0 saturated heterocycles. The highest BCUT2D eigenvalue weighted by atomic mass is 15.0. The number of fused-ring (bicyclic) bond motifs is 1. The van der Waals surface area contributed by atoms with E-state index in [0.29, 0.717) is 0 Å². The van der Waals surface area contributed by atoms with Crippen molar-refractivity contribution in [2.24, 2.45) is 0 Å². The fourth-order valence-corrected chi connectivity index (χ4v) is 2.51. The number of nitrogens with zero attached hydrogens (tertiary/aromatic N) is 1. The first-order valence-electron chi connectivity index (χ1n) is 6.85. The molecule has 0 spiro atoms. The van der Waals surface area contributed by atoms with E-state index in [2.05, 4.69) is 59.2 Å². The summed E-state index contributed by atoms with van der Waals surface area (Å²) in [5.41, 5.74) is 4.40. The molecule has 2 aromatic heterocycles. The Morgan fingerprint density at radius 1 is 1.15 bits per heavy atom. The summed E-state index contributed by atoms with van der Waals surface area (Å²) in [4.78, 5) is 11.4. The van der Waals surface area contributed by atoms with E-state index in [-0.39, 0.29) is 5.54 Å². The molecule has 0 saturated carbocycles. The van der Waals surface area contributed by atoms with Gasteiger partial charge in [0, 0.05) is 22.2 Å². The second-order valence-corrected chi connectivity index (χ2v) is 5.69. The van der Waals surface area contributed by atoms with Crippen LogP contribution in [0.25, 0.3) is 22.2 Å². The number of hydrogen-bond donors (Lipinski definition) is 3. The Morgan fingerprint density at radius 2 is 1.90 bits per heavy atom. The van der Waals surface area contributed by atoms with E-state index in [1.54, 1.807) is 0 Å². The van der Waals surface area contributed by atoms with E-state index in [0.717, 1.165) is 22.7 Å². The lowest BCUT2D eigenvalue weighted by Crippen LogP contribution is -2.34. The molecule has 0 aliphatic rings. The topological polar surface area (TPSA) is 56.5 Å². The van der Waals surface area contributed by atoms with Crippen molar-refractivity contribution >= 4 is 10.9 Å². The van der Waals surface area contributed by atoms with E-state index < -0.39 is 0 Å². The third-order valence-electron chi connectivity index (χ3n) is 3.96. The number of imidazole rings is 1. The molecule has 4 nitrogen and oxygen atoms in total. The standard InChI is InChI=1S/C16H20N4/c1-10-14(11-7-5-6-8-12(11)19-10)13-9-18-15(20-13)16(2,3)17-4/h5-9,17,19H,1-4H3,(H,18,20). The summed E-state index contributed by atoms with van der Waals surface area (Å²) in [7, 11) is 1.94. The number of nitrogens with one attached hydrogen (secondary N) is 3. The molecule has 20 heavy (non-hydrogen) atoms. The molecule has 3 aromatic rings. The zero-order valence-electron chi connectivity index (χ0n) is 12.3. The quantitative estimate of drug-likeness (QED) is 0.682. The Balaban J connectivity index is 2.15. The number of aromatic amines is 2. The Labute approximate surface area is 118 Å². The molecule has 0 unspecified atom stereocenters. The summed E-state index contributed by atoms with van der Waals surface area (Å²) < 4.78 is 0. The van der Waals surface area contributed by atoms with Gasteiger partial charge < -0.3 is 15.3 Å². The van der Waals surface area contributed by atoms with Gasteiger partial charge in [-0.05, 0) is 33.9 Å². The van der Waals surface area contributed by atoms with Crippen molar-refractivity contribution in [2.45, 2.75) is 26.3 Å². The molecule has 0 radical (unpaired) electrons. The van der Waals surface area contributed by atoms with Crippen LogP contribution in [0.5, 0.6) is 0 Å². The van der Waals surface area contributed by atoms with Gasteiger partial charge in [0.15, 0.2) is 0 Å². The molecule has 1 aromatic carbocycles. The van der Waals surface area contributed by atoms with Crippen LogP contribution in [0.3, 0.4) is 0 Å². The van der Waals surface area contributed by atoms with Gasteiger partial charge in [0.2, 0.25) is 0 Å². The molecule has 2 heterocycles. The largest absolute Gasteiger partial charge is 0.358 e. The minimum absolute atomic E-state index is 0.168. The van der Waals surface area contributed by atoms with Gasteiger partial charge in [0.05, 0.1) is 17.4 Å². The molecule has 0 fully saturated rings. The Hall–Kier alpha value is -2.07. The van der Waals surface area contributed by atoms with Crippen LogP contribution >= 0.6 is 0 Å². The SMILES string of the molecule is CNC(C)(C)c1ncc(-c2c(C)[nH]c3ccccc23)[nH]1. The van der Waals surface area contributed by atoms with Gasteiger partial charge in [-0.15, -0.1) is 0 Å². The van der Waals surface area contributed by atoms with Gasteiger partial charge >= 0.3 is 0 Å². The van der Waals surface area contributed by atoms with Crippen molar-refractivity contribution in [1.29, 1.82) is 0 Å². The zero-order chi connectivity index (χ0) is 14.3. The van der Waals surface area contributed by atoms with Crippen LogP contribution < -0.4 is 5.32 Å². The van der Waals surface area contributed by atoms with Crippen molar-refractivity contribution in [3.63, 3.8) is 0 Å². The summed E-state index contributed by atoms with van der Waals surface area (Å²) in [6.07, 6.45) is 1.91. The Kier molecular flexibility index (Phi) is 2.91. The van der Waals surface area contributed by atoms with E-state index in [1.165, 1.54) is 10.9 Å². The van der Waals surface area contributed by atoms with Crippen LogP contribution in [0.15, 0.2) is 30.5 Å². The van der Waals surface area contributed by atoms with E-state index in [9.17, 15) is 0 Å². The third kappa shape index (κ3) is 1.93. The summed E-state index contributed by atoms with van der Waals surface area (Å²) in [5, 5.41) is 4.49. The van der Waals surface area contributed by atoms with Crippen LogP contribution in [0.2, 0.25) is 0 Å². The summed E-state index contributed by atoms with van der Waals surface area (Å²) in [5.74, 6) is 0.944. The van der Waals surface area contributed by atoms with E-state index in [1.807, 2.05) is 19.3 Å². The predicted octanol–water partition coefficient (Wildman–Crippen LogP) is 3.32. The molecule has 0 bridgehead atoms. The predicted molar refractivity (Wildman–Crippen MR) is 82.7 cm³/mol. The molecule has 0 atom stereocenters. The van der Waals surface area contributed by atoms with Gasteiger partial charge in [0.25, 0.3) is 0 Å². The van der Waals surface area contributed by atoms with Crippen molar-refractivity contribution < 1.29 is 0 Å². The Bertz CT molecular complexity index is 749. The van der Waals surface area contributed by atoms with Crippen LogP contribution in [0, 0.1) is 6.92 Å². The maximum Gasteiger partial charge on any atom is 0.126 e. The number of rotatable bonds is 3. The summed E-state index contributed by atoms with van der Waals surface area (Å²) >= 11 is 0. The molecule has 3 rings (SSSR count). The van der Waals surface area contributed by atoms with Crippen LogP contribution in [-0.2, 0) is 5.54 Å². The van der Waals surface area contributed by atoms with Crippen LogP contribution in [0.4, 0.5) is 0 Å². The number of para-hydroxylation sites is 1. The van der Waals surface area contributed by atoms with Crippen molar-refractivity contribution in [2.75, 3.05) is 7.05 Å². The first-order valence-corrected chi connectivity index (χ1v) is 6.85. The van der Waals surface area contributed by atoms with Crippen molar-refractivity contribution in [3.05, 3.63) is 42.0 Å². The number of benzene rings is 1. The monoisotopic (exact) mass is 268 g/mol. The smallest absolute Gasteiger partial charge is 0.126 e. The lowest BCUT2D eigenvalue weighted by molar-refractivity contribution is 0.421. The molecular weight excluding hydrogens is 248 g/mol. The number of aromatic nitrogens is 3. The molecule has 0 aliphatic heterocycles. The van der Waals surface area contributed by atoms with Crippen molar-refractivity contribution in [3.8, 4) is 11.3 Å². The zero-order valence-corrected chi connectivity index (χ0v) is 12.3. The molecule has 3 N–H and O–H groups in total. The molecular formula is C16H20N4. The molecule has 4 heteroatoms.